The minimum atomic E-state index is -0.192. The molecule has 0 saturated heterocycles. The zero-order chi connectivity index (χ0) is 12.6. The molecular formula is C11H23N3O2. The number of carbonyl (C=O) groups is 2. The number of rotatable bonds is 6. The van der Waals surface area contributed by atoms with Gasteiger partial charge < -0.3 is 15.1 Å². The summed E-state index contributed by atoms with van der Waals surface area (Å²) in [5, 5.41) is 2.73. The Balaban J connectivity index is 4.07. The van der Waals surface area contributed by atoms with Gasteiger partial charge in [0.2, 0.25) is 5.91 Å². The lowest BCUT2D eigenvalue weighted by molar-refractivity contribution is -0.131. The fraction of sp³-hybridized carbons (Fsp3) is 0.818. The Morgan fingerprint density at radius 3 is 2.12 bits per heavy atom. The topological polar surface area (TPSA) is 52.7 Å². The molecule has 0 aliphatic rings. The van der Waals surface area contributed by atoms with Crippen molar-refractivity contribution in [3.05, 3.63) is 0 Å². The summed E-state index contributed by atoms with van der Waals surface area (Å²) in [5.74, 6) is -0.0147. The first kappa shape index (κ1) is 14.7. The summed E-state index contributed by atoms with van der Waals surface area (Å²) in [6.07, 6.45) is 0.892. The van der Waals surface area contributed by atoms with Crippen LogP contribution in [0, 0.1) is 0 Å². The van der Waals surface area contributed by atoms with E-state index >= 15 is 0 Å². The van der Waals surface area contributed by atoms with Crippen molar-refractivity contribution in [3.8, 4) is 0 Å². The predicted octanol–water partition coefficient (Wildman–Crippen LogP) is 0.906. The van der Waals surface area contributed by atoms with E-state index in [9.17, 15) is 9.59 Å². The summed E-state index contributed by atoms with van der Waals surface area (Å²) in [4.78, 5) is 26.3. The molecule has 5 heteroatoms. The van der Waals surface area contributed by atoms with Crippen molar-refractivity contribution < 1.29 is 9.59 Å². The van der Waals surface area contributed by atoms with Crippen LogP contribution in [0.15, 0.2) is 0 Å². The molecule has 0 bridgehead atoms. The van der Waals surface area contributed by atoms with Gasteiger partial charge in [0, 0.05) is 26.7 Å². The summed E-state index contributed by atoms with van der Waals surface area (Å²) in [5.41, 5.74) is 0. The molecule has 16 heavy (non-hydrogen) atoms. The predicted molar refractivity (Wildman–Crippen MR) is 64.2 cm³/mol. The molecule has 0 saturated carbocycles. The standard InChI is InChI=1S/C11H23N3O2/c1-5-8-12-11(16)13(4)9-10(15)14(6-2)7-3/h5-9H2,1-4H3,(H,12,16). The first-order valence-electron chi connectivity index (χ1n) is 5.83. The van der Waals surface area contributed by atoms with E-state index in [2.05, 4.69) is 5.32 Å². The SMILES string of the molecule is CCCNC(=O)N(C)CC(=O)N(CC)CC. The molecule has 0 spiro atoms. The second kappa shape index (κ2) is 7.96. The Morgan fingerprint density at radius 2 is 1.69 bits per heavy atom. The number of amides is 3. The molecule has 5 nitrogen and oxygen atoms in total. The lowest BCUT2D eigenvalue weighted by Crippen LogP contribution is -2.44. The maximum Gasteiger partial charge on any atom is 0.317 e. The fourth-order valence-electron chi connectivity index (χ4n) is 1.32. The van der Waals surface area contributed by atoms with Crippen LogP contribution >= 0.6 is 0 Å². The van der Waals surface area contributed by atoms with Crippen LogP contribution in [-0.4, -0.2) is 55.0 Å². The molecule has 0 fully saturated rings. The van der Waals surface area contributed by atoms with Gasteiger partial charge in [-0.25, -0.2) is 4.79 Å². The van der Waals surface area contributed by atoms with Crippen LogP contribution < -0.4 is 5.32 Å². The van der Waals surface area contributed by atoms with Gasteiger partial charge in [0.05, 0.1) is 0 Å². The average molecular weight is 229 g/mol. The maximum atomic E-state index is 11.7. The fourth-order valence-corrected chi connectivity index (χ4v) is 1.32. The van der Waals surface area contributed by atoms with Gasteiger partial charge in [0.25, 0.3) is 0 Å². The molecule has 0 aromatic carbocycles. The number of hydrogen-bond donors (Lipinski definition) is 1. The molecule has 0 aliphatic heterocycles. The number of nitrogens with zero attached hydrogens (tertiary/aromatic N) is 2. The van der Waals surface area contributed by atoms with Crippen molar-refractivity contribution in [1.82, 2.24) is 15.1 Å². The highest BCUT2D eigenvalue weighted by Crippen LogP contribution is 1.93. The Bertz CT molecular complexity index is 227. The van der Waals surface area contributed by atoms with E-state index in [1.165, 1.54) is 4.90 Å². The molecular weight excluding hydrogens is 206 g/mol. The van der Waals surface area contributed by atoms with E-state index in [-0.39, 0.29) is 18.5 Å². The van der Waals surface area contributed by atoms with E-state index in [1.54, 1.807) is 11.9 Å². The zero-order valence-corrected chi connectivity index (χ0v) is 10.7. The number of hydrogen-bond acceptors (Lipinski definition) is 2. The number of carbonyl (C=O) groups excluding carboxylic acids is 2. The van der Waals surface area contributed by atoms with Gasteiger partial charge in [-0.15, -0.1) is 0 Å². The maximum absolute atomic E-state index is 11.7. The van der Waals surface area contributed by atoms with Crippen molar-refractivity contribution in [1.29, 1.82) is 0 Å². The van der Waals surface area contributed by atoms with Crippen LogP contribution in [0.25, 0.3) is 0 Å². The summed E-state index contributed by atoms with van der Waals surface area (Å²) in [6, 6.07) is -0.192. The van der Waals surface area contributed by atoms with Gasteiger partial charge in [0.15, 0.2) is 0 Å². The minimum Gasteiger partial charge on any atom is -0.342 e. The van der Waals surface area contributed by atoms with Crippen LogP contribution in [0.3, 0.4) is 0 Å². The monoisotopic (exact) mass is 229 g/mol. The number of urea groups is 1. The molecule has 0 rings (SSSR count). The van der Waals surface area contributed by atoms with E-state index in [0.29, 0.717) is 19.6 Å². The highest BCUT2D eigenvalue weighted by molar-refractivity contribution is 5.83. The molecule has 0 unspecified atom stereocenters. The molecule has 94 valence electrons. The lowest BCUT2D eigenvalue weighted by Gasteiger charge is -2.23. The smallest absolute Gasteiger partial charge is 0.317 e. The Hall–Kier alpha value is -1.26. The van der Waals surface area contributed by atoms with Gasteiger partial charge in [-0.3, -0.25) is 4.79 Å². The van der Waals surface area contributed by atoms with Crippen molar-refractivity contribution in [2.45, 2.75) is 27.2 Å². The van der Waals surface area contributed by atoms with Crippen molar-refractivity contribution >= 4 is 11.9 Å². The first-order valence-corrected chi connectivity index (χ1v) is 5.83. The Labute approximate surface area is 97.8 Å². The third kappa shape index (κ3) is 5.00. The van der Waals surface area contributed by atoms with E-state index in [0.717, 1.165) is 6.42 Å². The summed E-state index contributed by atoms with van der Waals surface area (Å²) in [6.45, 7) is 7.98. The van der Waals surface area contributed by atoms with E-state index in [1.807, 2.05) is 20.8 Å². The van der Waals surface area contributed by atoms with Gasteiger partial charge in [0.1, 0.15) is 6.54 Å². The highest BCUT2D eigenvalue weighted by Gasteiger charge is 2.15. The average Bonchev–Trinajstić information content (AvgIpc) is 2.27. The summed E-state index contributed by atoms with van der Waals surface area (Å²) in [7, 11) is 1.63. The number of nitrogens with one attached hydrogen (secondary N) is 1. The Morgan fingerprint density at radius 1 is 1.12 bits per heavy atom. The second-order valence-corrected chi connectivity index (χ2v) is 3.65. The first-order chi connectivity index (χ1) is 7.56. The van der Waals surface area contributed by atoms with Crippen molar-refractivity contribution in [2.75, 3.05) is 33.2 Å². The van der Waals surface area contributed by atoms with Gasteiger partial charge in [-0.1, -0.05) is 6.92 Å². The quantitative estimate of drug-likeness (QED) is 0.736. The van der Waals surface area contributed by atoms with Crippen LogP contribution in [0.2, 0.25) is 0 Å². The van der Waals surface area contributed by atoms with Crippen LogP contribution in [-0.2, 0) is 4.79 Å². The summed E-state index contributed by atoms with van der Waals surface area (Å²) < 4.78 is 0. The van der Waals surface area contributed by atoms with Gasteiger partial charge in [-0.05, 0) is 20.3 Å². The third-order valence-electron chi connectivity index (χ3n) is 2.36. The second-order valence-electron chi connectivity index (χ2n) is 3.65. The van der Waals surface area contributed by atoms with Crippen LogP contribution in [0.5, 0.6) is 0 Å². The third-order valence-corrected chi connectivity index (χ3v) is 2.36. The molecule has 0 aromatic heterocycles. The molecule has 0 aromatic rings. The van der Waals surface area contributed by atoms with Gasteiger partial charge in [-0.2, -0.15) is 0 Å². The molecule has 0 heterocycles. The van der Waals surface area contributed by atoms with Crippen molar-refractivity contribution in [2.24, 2.45) is 0 Å². The number of likely N-dealkylation sites (N-methyl/N-ethyl adjacent to an activating group) is 2. The lowest BCUT2D eigenvalue weighted by atomic mass is 10.4. The highest BCUT2D eigenvalue weighted by atomic mass is 16.2. The minimum absolute atomic E-state index is 0.0147. The zero-order valence-electron chi connectivity index (χ0n) is 10.7. The van der Waals surface area contributed by atoms with Crippen LogP contribution in [0.4, 0.5) is 4.79 Å². The molecule has 3 amide bonds. The Kier molecular flexibility index (Phi) is 7.33. The van der Waals surface area contributed by atoms with Gasteiger partial charge >= 0.3 is 6.03 Å². The molecule has 0 aliphatic carbocycles. The molecule has 0 radical (unpaired) electrons. The normalized spacial score (nSPS) is 9.75. The van der Waals surface area contributed by atoms with E-state index in [4.69, 9.17) is 0 Å². The molecule has 0 atom stereocenters. The van der Waals surface area contributed by atoms with Crippen molar-refractivity contribution in [3.63, 3.8) is 0 Å². The van der Waals surface area contributed by atoms with E-state index < -0.39 is 0 Å². The van der Waals surface area contributed by atoms with Crippen LogP contribution in [0.1, 0.15) is 27.2 Å². The molecule has 1 N–H and O–H groups in total. The largest absolute Gasteiger partial charge is 0.342 e. The summed E-state index contributed by atoms with van der Waals surface area (Å²) >= 11 is 0.